The number of sulfonamides is 1. The molecule has 0 radical (unpaired) electrons. The molecule has 2 aromatic carbocycles. The molecule has 0 heterocycles. The summed E-state index contributed by atoms with van der Waals surface area (Å²) in [5, 5.41) is 3.26. The van der Waals surface area contributed by atoms with E-state index in [-0.39, 0.29) is 4.90 Å². The van der Waals surface area contributed by atoms with Crippen LogP contribution >= 0.6 is 11.6 Å². The summed E-state index contributed by atoms with van der Waals surface area (Å²) in [4.78, 5) is 23.8. The van der Waals surface area contributed by atoms with Crippen molar-refractivity contribution >= 4 is 33.5 Å². The molecule has 0 unspecified atom stereocenters. The van der Waals surface area contributed by atoms with E-state index in [1.807, 2.05) is 12.1 Å². The number of hydrogen-bond acceptors (Lipinski definition) is 6. The summed E-state index contributed by atoms with van der Waals surface area (Å²) in [6.07, 6.45) is 0.592. The number of methoxy groups -OCH3 is 1. The van der Waals surface area contributed by atoms with Crippen LogP contribution in [0.25, 0.3) is 0 Å². The molecular weight excluding hydrogens is 432 g/mol. The maximum atomic E-state index is 12.3. The van der Waals surface area contributed by atoms with E-state index in [0.29, 0.717) is 23.7 Å². The van der Waals surface area contributed by atoms with Crippen molar-refractivity contribution in [2.24, 2.45) is 0 Å². The van der Waals surface area contributed by atoms with Crippen LogP contribution in [0.3, 0.4) is 0 Å². The van der Waals surface area contributed by atoms with Crippen molar-refractivity contribution in [3.63, 3.8) is 0 Å². The SMILES string of the molecule is COc1ccc(S(=O)(=O)N[C@@H](C)C(=O)OCC(=O)NCCc2ccc(Cl)cc2)cc1. The number of halogens is 1. The number of hydrogen-bond donors (Lipinski definition) is 2. The molecule has 0 saturated carbocycles. The fourth-order valence-electron chi connectivity index (χ4n) is 2.41. The molecule has 0 aromatic heterocycles. The molecule has 2 aromatic rings. The molecule has 162 valence electrons. The third-order valence-corrected chi connectivity index (χ3v) is 5.86. The molecular formula is C20H23ClN2O6S. The predicted octanol–water partition coefficient (Wildman–Crippen LogP) is 1.92. The number of ether oxygens (including phenoxy) is 2. The van der Waals surface area contributed by atoms with Crippen LogP contribution in [0.15, 0.2) is 53.4 Å². The molecule has 0 saturated heterocycles. The number of carbonyl (C=O) groups excluding carboxylic acids is 2. The third kappa shape index (κ3) is 7.33. The molecule has 1 amide bonds. The van der Waals surface area contributed by atoms with Crippen molar-refractivity contribution in [2.75, 3.05) is 20.3 Å². The van der Waals surface area contributed by atoms with Crippen molar-refractivity contribution in [1.29, 1.82) is 0 Å². The number of rotatable bonds is 10. The molecule has 1 atom stereocenters. The third-order valence-electron chi connectivity index (χ3n) is 4.05. The number of nitrogens with one attached hydrogen (secondary N) is 2. The highest BCUT2D eigenvalue weighted by Gasteiger charge is 2.23. The van der Waals surface area contributed by atoms with Crippen molar-refractivity contribution in [2.45, 2.75) is 24.3 Å². The Hall–Kier alpha value is -2.62. The van der Waals surface area contributed by atoms with Crippen molar-refractivity contribution in [1.82, 2.24) is 10.0 Å². The topological polar surface area (TPSA) is 111 Å². The molecule has 2 N–H and O–H groups in total. The Morgan fingerprint density at radius 3 is 2.30 bits per heavy atom. The fraction of sp³-hybridized carbons (Fsp3) is 0.300. The normalized spacial score (nSPS) is 12.1. The zero-order valence-electron chi connectivity index (χ0n) is 16.6. The average Bonchev–Trinajstić information content (AvgIpc) is 2.73. The van der Waals surface area contributed by atoms with Crippen molar-refractivity contribution in [3.05, 3.63) is 59.1 Å². The quantitative estimate of drug-likeness (QED) is 0.530. The highest BCUT2D eigenvalue weighted by molar-refractivity contribution is 7.89. The Kier molecular flexibility index (Phi) is 8.64. The first-order valence-corrected chi connectivity index (χ1v) is 10.9. The van der Waals surface area contributed by atoms with E-state index in [2.05, 4.69) is 10.0 Å². The van der Waals surface area contributed by atoms with E-state index < -0.39 is 34.5 Å². The summed E-state index contributed by atoms with van der Waals surface area (Å²) in [5.74, 6) is -0.842. The maximum Gasteiger partial charge on any atom is 0.324 e. The van der Waals surface area contributed by atoms with Crippen LogP contribution in [0.5, 0.6) is 5.75 Å². The molecule has 0 aliphatic carbocycles. The molecule has 10 heteroatoms. The molecule has 0 aliphatic rings. The lowest BCUT2D eigenvalue weighted by atomic mass is 10.1. The van der Waals surface area contributed by atoms with Crippen LogP contribution in [-0.2, 0) is 30.8 Å². The number of benzene rings is 2. The minimum Gasteiger partial charge on any atom is -0.497 e. The molecule has 0 aliphatic heterocycles. The van der Waals surface area contributed by atoms with E-state index >= 15 is 0 Å². The van der Waals surface area contributed by atoms with E-state index in [4.69, 9.17) is 21.1 Å². The summed E-state index contributed by atoms with van der Waals surface area (Å²) < 4.78 is 36.8. The predicted molar refractivity (Wildman–Crippen MR) is 112 cm³/mol. The van der Waals surface area contributed by atoms with Crippen LogP contribution in [0.4, 0.5) is 0 Å². The van der Waals surface area contributed by atoms with Gasteiger partial charge in [0.15, 0.2) is 6.61 Å². The average molecular weight is 455 g/mol. The zero-order chi connectivity index (χ0) is 22.1. The van der Waals surface area contributed by atoms with Gasteiger partial charge in [0, 0.05) is 11.6 Å². The smallest absolute Gasteiger partial charge is 0.324 e. The van der Waals surface area contributed by atoms with Crippen LogP contribution < -0.4 is 14.8 Å². The van der Waals surface area contributed by atoms with Gasteiger partial charge in [0.2, 0.25) is 10.0 Å². The fourth-order valence-corrected chi connectivity index (χ4v) is 3.73. The maximum absolute atomic E-state index is 12.3. The first-order valence-electron chi connectivity index (χ1n) is 9.05. The van der Waals surface area contributed by atoms with Gasteiger partial charge in [-0.2, -0.15) is 4.72 Å². The standard InChI is InChI=1S/C20H23ClN2O6S/c1-14(23-30(26,27)18-9-7-17(28-2)8-10-18)20(25)29-13-19(24)22-12-11-15-3-5-16(21)6-4-15/h3-10,14,23H,11-13H2,1-2H3,(H,22,24)/t14-/m0/s1. The highest BCUT2D eigenvalue weighted by Crippen LogP contribution is 2.15. The molecule has 8 nitrogen and oxygen atoms in total. The summed E-state index contributed by atoms with van der Waals surface area (Å²) >= 11 is 5.81. The van der Waals surface area contributed by atoms with Gasteiger partial charge in [0.25, 0.3) is 5.91 Å². The van der Waals surface area contributed by atoms with Gasteiger partial charge in [-0.1, -0.05) is 23.7 Å². The Morgan fingerprint density at radius 1 is 1.07 bits per heavy atom. The Morgan fingerprint density at radius 2 is 1.70 bits per heavy atom. The minimum atomic E-state index is -3.93. The van der Waals surface area contributed by atoms with Gasteiger partial charge in [0.1, 0.15) is 11.8 Å². The highest BCUT2D eigenvalue weighted by atomic mass is 35.5. The summed E-state index contributed by atoms with van der Waals surface area (Å²) in [7, 11) is -2.47. The monoisotopic (exact) mass is 454 g/mol. The van der Waals surface area contributed by atoms with E-state index in [0.717, 1.165) is 5.56 Å². The van der Waals surface area contributed by atoms with Gasteiger partial charge in [-0.3, -0.25) is 9.59 Å². The zero-order valence-corrected chi connectivity index (χ0v) is 18.1. The Balaban J connectivity index is 1.76. The number of esters is 1. The van der Waals surface area contributed by atoms with Gasteiger partial charge in [-0.05, 0) is 55.3 Å². The number of carbonyl (C=O) groups is 2. The van der Waals surface area contributed by atoms with Crippen molar-refractivity contribution in [3.8, 4) is 5.75 Å². The Labute approximate surface area is 180 Å². The molecule has 0 fully saturated rings. The first kappa shape index (κ1) is 23.7. The van der Waals surface area contributed by atoms with Gasteiger partial charge >= 0.3 is 5.97 Å². The Bertz CT molecular complexity index is 962. The summed E-state index contributed by atoms with van der Waals surface area (Å²) in [6.45, 7) is 1.19. The molecule has 0 spiro atoms. The van der Waals surface area contributed by atoms with Crippen molar-refractivity contribution < 1.29 is 27.5 Å². The van der Waals surface area contributed by atoms with Gasteiger partial charge in [-0.15, -0.1) is 0 Å². The van der Waals surface area contributed by atoms with Gasteiger partial charge < -0.3 is 14.8 Å². The number of amides is 1. The van der Waals surface area contributed by atoms with E-state index in [9.17, 15) is 18.0 Å². The van der Waals surface area contributed by atoms with Crippen LogP contribution in [0, 0.1) is 0 Å². The second-order valence-corrected chi connectivity index (χ2v) is 8.50. The lowest BCUT2D eigenvalue weighted by molar-refractivity contribution is -0.149. The molecule has 0 bridgehead atoms. The summed E-state index contributed by atoms with van der Waals surface area (Å²) in [5.41, 5.74) is 0.998. The van der Waals surface area contributed by atoms with E-state index in [1.165, 1.54) is 38.3 Å². The molecule has 30 heavy (non-hydrogen) atoms. The van der Waals surface area contributed by atoms with Crippen LogP contribution in [0.1, 0.15) is 12.5 Å². The van der Waals surface area contributed by atoms with Gasteiger partial charge in [-0.25, -0.2) is 8.42 Å². The van der Waals surface area contributed by atoms with Crippen LogP contribution in [-0.4, -0.2) is 46.6 Å². The van der Waals surface area contributed by atoms with Gasteiger partial charge in [0.05, 0.1) is 12.0 Å². The summed E-state index contributed by atoms with van der Waals surface area (Å²) in [6, 6.07) is 11.7. The molecule has 2 rings (SSSR count). The second kappa shape index (κ2) is 11.0. The second-order valence-electron chi connectivity index (χ2n) is 6.35. The minimum absolute atomic E-state index is 0.0251. The lowest BCUT2D eigenvalue weighted by Crippen LogP contribution is -2.41. The first-order chi connectivity index (χ1) is 14.2. The van der Waals surface area contributed by atoms with Crippen LogP contribution in [0.2, 0.25) is 5.02 Å². The lowest BCUT2D eigenvalue weighted by Gasteiger charge is -2.14. The van der Waals surface area contributed by atoms with E-state index in [1.54, 1.807) is 12.1 Å². The largest absolute Gasteiger partial charge is 0.497 e.